The van der Waals surface area contributed by atoms with E-state index in [1.165, 1.54) is 12.1 Å². The quantitative estimate of drug-likeness (QED) is 0.416. The average molecular weight is 433 g/mol. The first kappa shape index (κ1) is 19.3. The lowest BCUT2D eigenvalue weighted by molar-refractivity contribution is 0.374. The third kappa shape index (κ3) is 6.93. The summed E-state index contributed by atoms with van der Waals surface area (Å²) >= 11 is 0. The highest BCUT2D eigenvalue weighted by Crippen LogP contribution is 2.04. The molecule has 0 aliphatic rings. The number of aryl methyl sites for hydroxylation is 1. The molecule has 8 heteroatoms. The maximum Gasteiger partial charge on any atom is 0.228 e. The van der Waals surface area contributed by atoms with E-state index >= 15 is 0 Å². The molecule has 0 spiro atoms. The minimum atomic E-state index is -0.252. The zero-order valence-corrected chi connectivity index (χ0v) is 15.5. The highest BCUT2D eigenvalue weighted by Gasteiger charge is 2.03. The van der Waals surface area contributed by atoms with Crippen molar-refractivity contribution < 1.29 is 8.91 Å². The Hall–Kier alpha value is -1.71. The molecule has 0 saturated heterocycles. The van der Waals surface area contributed by atoms with Crippen molar-refractivity contribution in [3.8, 4) is 0 Å². The molecule has 0 amide bonds. The summed E-state index contributed by atoms with van der Waals surface area (Å²) in [5.74, 6) is 1.63. The smallest absolute Gasteiger partial charge is 0.228 e. The van der Waals surface area contributed by atoms with Gasteiger partial charge in [0.1, 0.15) is 5.82 Å². The highest BCUT2D eigenvalue weighted by molar-refractivity contribution is 14.0. The van der Waals surface area contributed by atoms with Crippen molar-refractivity contribution in [1.82, 2.24) is 20.8 Å². The van der Waals surface area contributed by atoms with Gasteiger partial charge in [0.05, 0.1) is 6.54 Å². The first-order valence-corrected chi connectivity index (χ1v) is 7.23. The summed E-state index contributed by atoms with van der Waals surface area (Å²) < 4.78 is 18.2. The zero-order valence-electron chi connectivity index (χ0n) is 13.2. The molecule has 0 atom stereocenters. The minimum absolute atomic E-state index is 0. The molecule has 2 aromatic rings. The van der Waals surface area contributed by atoms with E-state index < -0.39 is 0 Å². The lowest BCUT2D eigenvalue weighted by Crippen LogP contribution is -2.38. The lowest BCUT2D eigenvalue weighted by atomic mass is 10.2. The van der Waals surface area contributed by atoms with Gasteiger partial charge in [-0.15, -0.1) is 24.0 Å². The van der Waals surface area contributed by atoms with Gasteiger partial charge in [-0.25, -0.2) is 9.38 Å². The fourth-order valence-electron chi connectivity index (χ4n) is 1.88. The zero-order chi connectivity index (χ0) is 15.8. The Kier molecular flexibility index (Phi) is 8.52. The predicted octanol–water partition coefficient (Wildman–Crippen LogP) is 2.43. The summed E-state index contributed by atoms with van der Waals surface area (Å²) in [4.78, 5) is 8.56. The van der Waals surface area contributed by atoms with Gasteiger partial charge < -0.3 is 15.2 Å². The van der Waals surface area contributed by atoms with E-state index in [2.05, 4.69) is 25.8 Å². The normalized spacial score (nSPS) is 11.0. The first-order chi connectivity index (χ1) is 10.7. The van der Waals surface area contributed by atoms with E-state index in [4.69, 9.17) is 4.52 Å². The van der Waals surface area contributed by atoms with Crippen LogP contribution in [-0.2, 0) is 13.0 Å². The molecule has 0 bridgehead atoms. The SMILES string of the molecule is CCNC(=NCc1cccc(F)c1)NCCc1nc(C)no1.I. The van der Waals surface area contributed by atoms with Crippen LogP contribution in [0.4, 0.5) is 4.39 Å². The number of nitrogens with zero attached hydrogens (tertiary/aromatic N) is 3. The number of halogens is 2. The summed E-state index contributed by atoms with van der Waals surface area (Å²) in [6.07, 6.45) is 0.616. The van der Waals surface area contributed by atoms with Crippen LogP contribution in [0.1, 0.15) is 24.2 Å². The predicted molar refractivity (Wildman–Crippen MR) is 97.4 cm³/mol. The van der Waals surface area contributed by atoms with Crippen LogP contribution in [0.3, 0.4) is 0 Å². The molecule has 1 aromatic heterocycles. The molecule has 6 nitrogen and oxygen atoms in total. The standard InChI is InChI=1S/C15H20FN5O.HI/c1-3-17-15(18-8-7-14-20-11(2)21-22-14)19-10-12-5-4-6-13(16)9-12;/h4-6,9H,3,7-8,10H2,1-2H3,(H2,17,18,19);1H. The average Bonchev–Trinajstić information content (AvgIpc) is 2.90. The molecule has 0 aliphatic carbocycles. The molecular formula is C15H21FIN5O. The fourth-order valence-corrected chi connectivity index (χ4v) is 1.88. The molecule has 2 rings (SSSR count). The Balaban J connectivity index is 0.00000264. The molecule has 126 valence electrons. The van der Waals surface area contributed by atoms with Gasteiger partial charge in [-0.3, -0.25) is 0 Å². The van der Waals surface area contributed by atoms with Crippen molar-refractivity contribution in [2.24, 2.45) is 4.99 Å². The van der Waals surface area contributed by atoms with Gasteiger partial charge in [-0.05, 0) is 31.5 Å². The van der Waals surface area contributed by atoms with Crippen LogP contribution in [0, 0.1) is 12.7 Å². The number of hydrogen-bond donors (Lipinski definition) is 2. The Bertz CT molecular complexity index is 632. The molecule has 0 radical (unpaired) electrons. The van der Waals surface area contributed by atoms with Gasteiger partial charge in [0.25, 0.3) is 0 Å². The number of aromatic nitrogens is 2. The fraction of sp³-hybridized carbons (Fsp3) is 0.400. The second-order valence-electron chi connectivity index (χ2n) is 4.74. The molecule has 0 aliphatic heterocycles. The maximum atomic E-state index is 13.1. The number of benzene rings is 1. The minimum Gasteiger partial charge on any atom is -0.357 e. The highest BCUT2D eigenvalue weighted by atomic mass is 127. The second-order valence-corrected chi connectivity index (χ2v) is 4.74. The van der Waals surface area contributed by atoms with E-state index in [9.17, 15) is 4.39 Å². The first-order valence-electron chi connectivity index (χ1n) is 7.23. The van der Waals surface area contributed by atoms with E-state index in [1.807, 2.05) is 13.0 Å². The van der Waals surface area contributed by atoms with Crippen molar-refractivity contribution in [3.63, 3.8) is 0 Å². The van der Waals surface area contributed by atoms with Crippen molar-refractivity contribution in [3.05, 3.63) is 47.4 Å². The second kappa shape index (κ2) is 10.1. The van der Waals surface area contributed by atoms with Crippen LogP contribution in [0.5, 0.6) is 0 Å². The number of guanidine groups is 1. The molecule has 23 heavy (non-hydrogen) atoms. The Labute approximate surface area is 152 Å². The van der Waals surface area contributed by atoms with Gasteiger partial charge in [-0.2, -0.15) is 4.98 Å². The Morgan fingerprint density at radius 1 is 1.35 bits per heavy atom. The van der Waals surface area contributed by atoms with Gasteiger partial charge >= 0.3 is 0 Å². The van der Waals surface area contributed by atoms with Crippen molar-refractivity contribution >= 4 is 29.9 Å². The van der Waals surface area contributed by atoms with E-state index in [0.29, 0.717) is 37.2 Å². The van der Waals surface area contributed by atoms with E-state index in [-0.39, 0.29) is 29.8 Å². The number of nitrogens with one attached hydrogen (secondary N) is 2. The molecule has 0 saturated carbocycles. The maximum absolute atomic E-state index is 13.1. The molecule has 1 aromatic carbocycles. The largest absolute Gasteiger partial charge is 0.357 e. The molecule has 2 N–H and O–H groups in total. The number of rotatable bonds is 6. The van der Waals surface area contributed by atoms with Crippen LogP contribution in [0.25, 0.3) is 0 Å². The third-order valence-corrected chi connectivity index (χ3v) is 2.85. The van der Waals surface area contributed by atoms with Gasteiger partial charge in [0.2, 0.25) is 5.89 Å². The Morgan fingerprint density at radius 2 is 2.17 bits per heavy atom. The molecular weight excluding hydrogens is 412 g/mol. The summed E-state index contributed by atoms with van der Waals surface area (Å²) in [5, 5.41) is 10.1. The summed E-state index contributed by atoms with van der Waals surface area (Å²) in [5.41, 5.74) is 0.824. The van der Waals surface area contributed by atoms with Crippen molar-refractivity contribution in [2.45, 2.75) is 26.8 Å². The van der Waals surface area contributed by atoms with Crippen molar-refractivity contribution in [1.29, 1.82) is 0 Å². The monoisotopic (exact) mass is 433 g/mol. The van der Waals surface area contributed by atoms with Gasteiger partial charge in [0.15, 0.2) is 11.8 Å². The van der Waals surface area contributed by atoms with E-state index in [0.717, 1.165) is 12.1 Å². The van der Waals surface area contributed by atoms with Gasteiger partial charge in [0, 0.05) is 19.5 Å². The summed E-state index contributed by atoms with van der Waals surface area (Å²) in [6, 6.07) is 6.42. The topological polar surface area (TPSA) is 75.3 Å². The lowest BCUT2D eigenvalue weighted by Gasteiger charge is -2.10. The molecule has 1 heterocycles. The van der Waals surface area contributed by atoms with Crippen LogP contribution < -0.4 is 10.6 Å². The molecule has 0 unspecified atom stereocenters. The van der Waals surface area contributed by atoms with Crippen molar-refractivity contribution in [2.75, 3.05) is 13.1 Å². The number of aliphatic imine (C=N–C) groups is 1. The Morgan fingerprint density at radius 3 is 2.83 bits per heavy atom. The van der Waals surface area contributed by atoms with Crippen LogP contribution in [0.2, 0.25) is 0 Å². The van der Waals surface area contributed by atoms with Crippen LogP contribution in [-0.4, -0.2) is 29.2 Å². The van der Waals surface area contributed by atoms with Crippen LogP contribution in [0.15, 0.2) is 33.8 Å². The third-order valence-electron chi connectivity index (χ3n) is 2.85. The number of hydrogen-bond acceptors (Lipinski definition) is 4. The summed E-state index contributed by atoms with van der Waals surface area (Å²) in [7, 11) is 0. The van der Waals surface area contributed by atoms with Crippen LogP contribution >= 0.6 is 24.0 Å². The van der Waals surface area contributed by atoms with E-state index in [1.54, 1.807) is 13.0 Å². The van der Waals surface area contributed by atoms with Gasteiger partial charge in [-0.1, -0.05) is 17.3 Å². The summed E-state index contributed by atoms with van der Waals surface area (Å²) in [6.45, 7) is 5.55. The molecule has 0 fully saturated rings.